The summed E-state index contributed by atoms with van der Waals surface area (Å²) < 4.78 is 11.2. The standard InChI is InChI=1S/C28H39N3O4/c1-4-31(21-13-15-35-16-14-21)26-10-6-9-24-23(26)8-5-7-22(32)12-11-20-17-19(2)30-28(34-3)25(20)18-29-27(24)33/h6,9-10,17,21-22,32H,4-5,7-8,11-16,18H2,1-3H3,(H,29,33). The number of fused-ring (bicyclic) bond motifs is 2. The SMILES string of the molecule is CCN(c1cccc2c1CCCC(O)CCc1cc(C)nc(OC)c1CNC2=O)C1CCOCC1. The van der Waals surface area contributed by atoms with Gasteiger partial charge in [-0.2, -0.15) is 0 Å². The van der Waals surface area contributed by atoms with Crippen molar-refractivity contribution in [2.24, 2.45) is 0 Å². The van der Waals surface area contributed by atoms with E-state index in [0.29, 0.717) is 36.9 Å². The summed E-state index contributed by atoms with van der Waals surface area (Å²) in [4.78, 5) is 20.5. The third kappa shape index (κ3) is 5.96. The van der Waals surface area contributed by atoms with E-state index >= 15 is 0 Å². The van der Waals surface area contributed by atoms with Gasteiger partial charge in [-0.15, -0.1) is 0 Å². The molecule has 7 nitrogen and oxygen atoms in total. The number of amides is 1. The molecule has 1 amide bonds. The molecule has 3 heterocycles. The Morgan fingerprint density at radius 3 is 2.71 bits per heavy atom. The van der Waals surface area contributed by atoms with Gasteiger partial charge < -0.3 is 24.8 Å². The second kappa shape index (κ2) is 11.9. The zero-order valence-electron chi connectivity index (χ0n) is 21.3. The Labute approximate surface area is 208 Å². The van der Waals surface area contributed by atoms with Gasteiger partial charge >= 0.3 is 0 Å². The number of anilines is 1. The minimum absolute atomic E-state index is 0.0849. The largest absolute Gasteiger partial charge is 0.481 e. The van der Waals surface area contributed by atoms with Gasteiger partial charge in [0.05, 0.1) is 13.2 Å². The van der Waals surface area contributed by atoms with Gasteiger partial charge in [0.2, 0.25) is 5.88 Å². The first kappa shape index (κ1) is 25.5. The number of methoxy groups -OCH3 is 1. The molecule has 1 fully saturated rings. The minimum atomic E-state index is -0.389. The third-order valence-corrected chi connectivity index (χ3v) is 7.31. The van der Waals surface area contributed by atoms with Crippen molar-refractivity contribution in [2.75, 3.05) is 31.8 Å². The summed E-state index contributed by atoms with van der Waals surface area (Å²) in [5, 5.41) is 13.9. The van der Waals surface area contributed by atoms with Crippen LogP contribution in [0.4, 0.5) is 5.69 Å². The highest BCUT2D eigenvalue weighted by molar-refractivity contribution is 5.97. The topological polar surface area (TPSA) is 83.9 Å². The number of aryl methyl sites for hydroxylation is 2. The minimum Gasteiger partial charge on any atom is -0.481 e. The van der Waals surface area contributed by atoms with Crippen LogP contribution in [0, 0.1) is 6.92 Å². The van der Waals surface area contributed by atoms with Crippen molar-refractivity contribution in [1.29, 1.82) is 0 Å². The van der Waals surface area contributed by atoms with Crippen LogP contribution in [0.25, 0.3) is 0 Å². The van der Waals surface area contributed by atoms with Crippen LogP contribution >= 0.6 is 0 Å². The van der Waals surface area contributed by atoms with E-state index in [1.165, 1.54) is 0 Å². The summed E-state index contributed by atoms with van der Waals surface area (Å²) in [6.45, 7) is 6.88. The van der Waals surface area contributed by atoms with Crippen molar-refractivity contribution in [1.82, 2.24) is 10.3 Å². The normalized spacial score (nSPS) is 19.9. The molecule has 2 aliphatic rings. The first-order chi connectivity index (χ1) is 17.0. The molecule has 0 saturated carbocycles. The summed E-state index contributed by atoms with van der Waals surface area (Å²) in [6.07, 6.45) is 5.27. The number of aliphatic hydroxyl groups excluding tert-OH is 1. The monoisotopic (exact) mass is 481 g/mol. The quantitative estimate of drug-likeness (QED) is 0.688. The van der Waals surface area contributed by atoms with Crippen molar-refractivity contribution >= 4 is 11.6 Å². The average molecular weight is 482 g/mol. The lowest BCUT2D eigenvalue weighted by molar-refractivity contribution is 0.0845. The first-order valence-electron chi connectivity index (χ1n) is 13.0. The van der Waals surface area contributed by atoms with E-state index in [1.807, 2.05) is 25.1 Å². The Balaban J connectivity index is 1.70. The lowest BCUT2D eigenvalue weighted by atomic mass is 9.95. The Morgan fingerprint density at radius 2 is 1.97 bits per heavy atom. The molecule has 2 N–H and O–H groups in total. The molecule has 0 aliphatic carbocycles. The second-order valence-corrected chi connectivity index (χ2v) is 9.61. The lowest BCUT2D eigenvalue weighted by Crippen LogP contribution is -2.40. The van der Waals surface area contributed by atoms with Gasteiger partial charge in [0.25, 0.3) is 5.91 Å². The van der Waals surface area contributed by atoms with E-state index < -0.39 is 0 Å². The molecule has 1 unspecified atom stereocenters. The van der Waals surface area contributed by atoms with Crippen molar-refractivity contribution in [3.05, 3.63) is 52.2 Å². The molecule has 190 valence electrons. The zero-order chi connectivity index (χ0) is 24.8. The number of nitrogens with zero attached hydrogens (tertiary/aromatic N) is 2. The number of pyridine rings is 1. The number of carbonyl (C=O) groups excluding carboxylic acids is 1. The van der Waals surface area contributed by atoms with Crippen molar-refractivity contribution in [3.63, 3.8) is 0 Å². The molecular weight excluding hydrogens is 442 g/mol. The van der Waals surface area contributed by atoms with Crippen molar-refractivity contribution < 1.29 is 19.4 Å². The van der Waals surface area contributed by atoms with Gasteiger partial charge in [-0.05, 0) is 88.1 Å². The molecule has 4 rings (SSSR count). The highest BCUT2D eigenvalue weighted by Crippen LogP contribution is 2.31. The Morgan fingerprint density at radius 1 is 1.17 bits per heavy atom. The molecular formula is C28H39N3O4. The average Bonchev–Trinajstić information content (AvgIpc) is 2.88. The fourth-order valence-electron chi connectivity index (χ4n) is 5.50. The molecule has 7 heteroatoms. The predicted octanol–water partition coefficient (Wildman–Crippen LogP) is 3.96. The third-order valence-electron chi connectivity index (χ3n) is 7.31. The maximum absolute atomic E-state index is 13.5. The molecule has 0 radical (unpaired) electrons. The Bertz CT molecular complexity index is 1020. The number of aliphatic hydroxyl groups is 1. The molecule has 1 aromatic heterocycles. The summed E-state index contributed by atoms with van der Waals surface area (Å²) >= 11 is 0. The number of hydrogen-bond donors (Lipinski definition) is 2. The number of carbonyl (C=O) groups is 1. The Hall–Kier alpha value is -2.64. The fraction of sp³-hybridized carbons (Fsp3) is 0.571. The summed E-state index contributed by atoms with van der Waals surface area (Å²) in [5.74, 6) is 0.452. The molecule has 0 bridgehead atoms. The smallest absolute Gasteiger partial charge is 0.251 e. The number of hydrogen-bond acceptors (Lipinski definition) is 6. The number of nitrogens with one attached hydrogen (secondary N) is 1. The van der Waals surface area contributed by atoms with E-state index in [-0.39, 0.29) is 12.0 Å². The van der Waals surface area contributed by atoms with Gasteiger partial charge in [-0.1, -0.05) is 6.07 Å². The summed E-state index contributed by atoms with van der Waals surface area (Å²) in [7, 11) is 1.61. The molecule has 2 aliphatic heterocycles. The second-order valence-electron chi connectivity index (χ2n) is 9.61. The lowest BCUT2D eigenvalue weighted by Gasteiger charge is -2.37. The van der Waals surface area contributed by atoms with E-state index in [0.717, 1.165) is 79.9 Å². The van der Waals surface area contributed by atoms with Crippen LogP contribution in [0.2, 0.25) is 0 Å². The summed E-state index contributed by atoms with van der Waals surface area (Å²) in [6, 6.07) is 8.50. The molecule has 1 aromatic carbocycles. The van der Waals surface area contributed by atoms with Crippen LogP contribution in [-0.4, -0.2) is 55.0 Å². The van der Waals surface area contributed by atoms with Crippen LogP contribution in [0.5, 0.6) is 5.88 Å². The van der Waals surface area contributed by atoms with Crippen LogP contribution in [-0.2, 0) is 24.1 Å². The van der Waals surface area contributed by atoms with Gasteiger partial charge in [-0.3, -0.25) is 4.79 Å². The van der Waals surface area contributed by atoms with E-state index in [9.17, 15) is 9.90 Å². The molecule has 0 spiro atoms. The number of aromatic nitrogens is 1. The Kier molecular flexibility index (Phi) is 8.63. The molecule has 35 heavy (non-hydrogen) atoms. The van der Waals surface area contributed by atoms with E-state index in [1.54, 1.807) is 7.11 Å². The van der Waals surface area contributed by atoms with Crippen LogP contribution < -0.4 is 15.0 Å². The predicted molar refractivity (Wildman–Crippen MR) is 137 cm³/mol. The highest BCUT2D eigenvalue weighted by atomic mass is 16.5. The van der Waals surface area contributed by atoms with Gasteiger partial charge in [0.15, 0.2) is 0 Å². The van der Waals surface area contributed by atoms with Gasteiger partial charge in [0.1, 0.15) is 0 Å². The van der Waals surface area contributed by atoms with E-state index in [4.69, 9.17) is 9.47 Å². The fourth-order valence-corrected chi connectivity index (χ4v) is 5.50. The van der Waals surface area contributed by atoms with Crippen molar-refractivity contribution in [3.8, 4) is 5.88 Å². The molecule has 1 saturated heterocycles. The number of ether oxygens (including phenoxy) is 2. The van der Waals surface area contributed by atoms with Gasteiger partial charge in [-0.25, -0.2) is 4.98 Å². The highest BCUT2D eigenvalue weighted by Gasteiger charge is 2.25. The van der Waals surface area contributed by atoms with E-state index in [2.05, 4.69) is 28.2 Å². The maximum atomic E-state index is 13.5. The van der Waals surface area contributed by atoms with Crippen LogP contribution in [0.3, 0.4) is 0 Å². The van der Waals surface area contributed by atoms with Crippen molar-refractivity contribution in [2.45, 2.75) is 77.5 Å². The number of rotatable bonds is 4. The zero-order valence-corrected chi connectivity index (χ0v) is 21.3. The molecule has 2 aromatic rings. The number of benzene rings is 1. The maximum Gasteiger partial charge on any atom is 0.251 e. The summed E-state index contributed by atoms with van der Waals surface area (Å²) in [5.41, 5.74) is 5.73. The van der Waals surface area contributed by atoms with Crippen LogP contribution in [0.15, 0.2) is 24.3 Å². The van der Waals surface area contributed by atoms with Crippen LogP contribution in [0.1, 0.15) is 71.8 Å². The first-order valence-corrected chi connectivity index (χ1v) is 13.0. The molecule has 1 atom stereocenters. The van der Waals surface area contributed by atoms with Gasteiger partial charge in [0, 0.05) is 54.9 Å².